The van der Waals surface area contributed by atoms with E-state index in [4.69, 9.17) is 0 Å². The fourth-order valence-electron chi connectivity index (χ4n) is 2.44. The largest absolute Gasteiger partial charge is 0.481 e. The van der Waals surface area contributed by atoms with Crippen LogP contribution in [0.2, 0.25) is 0 Å². The van der Waals surface area contributed by atoms with E-state index in [0.717, 1.165) is 22.9 Å². The highest BCUT2D eigenvalue weighted by molar-refractivity contribution is 9.10. The van der Waals surface area contributed by atoms with Gasteiger partial charge in [0.15, 0.2) is 0 Å². The van der Waals surface area contributed by atoms with Crippen LogP contribution >= 0.6 is 15.9 Å². The van der Waals surface area contributed by atoms with Gasteiger partial charge in [0.1, 0.15) is 0 Å². The molecule has 1 N–H and O–H groups in total. The van der Waals surface area contributed by atoms with Gasteiger partial charge in [-0.15, -0.1) is 0 Å². The van der Waals surface area contributed by atoms with E-state index < -0.39 is 5.97 Å². The molecular formula is C18H19BrO2. The fourth-order valence-corrected chi connectivity index (χ4v) is 2.89. The van der Waals surface area contributed by atoms with Crippen molar-refractivity contribution in [2.75, 3.05) is 0 Å². The molecule has 0 amide bonds. The van der Waals surface area contributed by atoms with Gasteiger partial charge in [-0.1, -0.05) is 64.5 Å². The topological polar surface area (TPSA) is 37.3 Å². The second-order valence-corrected chi connectivity index (χ2v) is 6.06. The molecule has 2 aromatic rings. The molecule has 0 spiro atoms. The highest BCUT2D eigenvalue weighted by Gasteiger charge is 2.18. The third-order valence-electron chi connectivity index (χ3n) is 3.63. The van der Waals surface area contributed by atoms with Gasteiger partial charge < -0.3 is 5.11 Å². The summed E-state index contributed by atoms with van der Waals surface area (Å²) in [4.78, 5) is 11.4. The van der Waals surface area contributed by atoms with Gasteiger partial charge in [0.25, 0.3) is 0 Å². The summed E-state index contributed by atoms with van der Waals surface area (Å²) >= 11 is 3.49. The third-order valence-corrected chi connectivity index (χ3v) is 4.41. The Kier molecular flexibility index (Phi) is 6.00. The van der Waals surface area contributed by atoms with Crippen molar-refractivity contribution in [2.24, 2.45) is 5.92 Å². The zero-order valence-corrected chi connectivity index (χ0v) is 13.4. The molecule has 0 heterocycles. The van der Waals surface area contributed by atoms with Crippen LogP contribution in [0, 0.1) is 5.92 Å². The van der Waals surface area contributed by atoms with E-state index in [1.807, 2.05) is 42.5 Å². The second-order valence-electron chi connectivity index (χ2n) is 5.21. The average Bonchev–Trinajstić information content (AvgIpc) is 2.49. The predicted octanol–water partition coefficient (Wildman–Crippen LogP) is 4.72. The van der Waals surface area contributed by atoms with Crippen molar-refractivity contribution in [1.29, 1.82) is 0 Å². The van der Waals surface area contributed by atoms with Crippen LogP contribution in [-0.4, -0.2) is 11.1 Å². The Hall–Kier alpha value is -1.61. The van der Waals surface area contributed by atoms with E-state index in [1.165, 1.54) is 5.56 Å². The summed E-state index contributed by atoms with van der Waals surface area (Å²) in [6.45, 7) is 0. The molecule has 0 aromatic heterocycles. The second kappa shape index (κ2) is 7.99. The SMILES string of the molecule is O=C(O)C(CCCc1ccccc1)Cc1ccccc1Br. The fraction of sp³-hybridized carbons (Fsp3) is 0.278. The Morgan fingerprint density at radius 3 is 2.38 bits per heavy atom. The maximum atomic E-state index is 11.4. The lowest BCUT2D eigenvalue weighted by atomic mass is 9.93. The quantitative estimate of drug-likeness (QED) is 0.787. The Bertz CT molecular complexity index is 581. The van der Waals surface area contributed by atoms with Crippen LogP contribution in [0.25, 0.3) is 0 Å². The highest BCUT2D eigenvalue weighted by atomic mass is 79.9. The molecule has 1 atom stereocenters. The average molecular weight is 347 g/mol. The molecule has 1 unspecified atom stereocenters. The number of hydrogen-bond donors (Lipinski definition) is 1. The van der Waals surface area contributed by atoms with E-state index >= 15 is 0 Å². The first-order chi connectivity index (χ1) is 10.2. The van der Waals surface area contributed by atoms with Gasteiger partial charge in [0.2, 0.25) is 0 Å². The molecular weight excluding hydrogens is 328 g/mol. The minimum atomic E-state index is -0.709. The van der Waals surface area contributed by atoms with Crippen molar-refractivity contribution < 1.29 is 9.90 Å². The van der Waals surface area contributed by atoms with Gasteiger partial charge >= 0.3 is 5.97 Å². The van der Waals surface area contributed by atoms with E-state index in [2.05, 4.69) is 28.1 Å². The van der Waals surface area contributed by atoms with Crippen molar-refractivity contribution in [2.45, 2.75) is 25.7 Å². The van der Waals surface area contributed by atoms with Crippen molar-refractivity contribution in [3.05, 3.63) is 70.2 Å². The van der Waals surface area contributed by atoms with Crippen molar-refractivity contribution in [1.82, 2.24) is 0 Å². The van der Waals surface area contributed by atoms with E-state index in [9.17, 15) is 9.90 Å². The molecule has 0 bridgehead atoms. The molecule has 0 aliphatic carbocycles. The van der Waals surface area contributed by atoms with E-state index in [0.29, 0.717) is 12.8 Å². The van der Waals surface area contributed by atoms with Crippen LogP contribution in [0.5, 0.6) is 0 Å². The van der Waals surface area contributed by atoms with Crippen molar-refractivity contribution in [3.63, 3.8) is 0 Å². The smallest absolute Gasteiger partial charge is 0.306 e. The number of aryl methyl sites for hydroxylation is 1. The zero-order chi connectivity index (χ0) is 15.1. The summed E-state index contributed by atoms with van der Waals surface area (Å²) in [6.07, 6.45) is 3.10. The van der Waals surface area contributed by atoms with Gasteiger partial charge in [-0.05, 0) is 42.9 Å². The zero-order valence-electron chi connectivity index (χ0n) is 11.8. The van der Waals surface area contributed by atoms with E-state index in [-0.39, 0.29) is 5.92 Å². The minimum Gasteiger partial charge on any atom is -0.481 e. The normalized spacial score (nSPS) is 12.0. The number of rotatable bonds is 7. The number of benzene rings is 2. The summed E-state index contributed by atoms with van der Waals surface area (Å²) in [5, 5.41) is 9.41. The lowest BCUT2D eigenvalue weighted by Gasteiger charge is -2.13. The lowest BCUT2D eigenvalue weighted by Crippen LogP contribution is -2.17. The first-order valence-corrected chi connectivity index (χ1v) is 7.96. The molecule has 21 heavy (non-hydrogen) atoms. The Labute approximate surface area is 134 Å². The molecule has 0 saturated carbocycles. The van der Waals surface area contributed by atoms with Gasteiger partial charge in [-0.2, -0.15) is 0 Å². The first-order valence-electron chi connectivity index (χ1n) is 7.17. The van der Waals surface area contributed by atoms with E-state index in [1.54, 1.807) is 0 Å². The minimum absolute atomic E-state index is 0.326. The summed E-state index contributed by atoms with van der Waals surface area (Å²) in [7, 11) is 0. The number of carboxylic acids is 1. The molecule has 0 aliphatic heterocycles. The molecule has 2 rings (SSSR count). The Morgan fingerprint density at radius 1 is 1.05 bits per heavy atom. The standard InChI is InChI=1S/C18H19BrO2/c19-17-12-5-4-10-15(17)13-16(18(20)21)11-6-9-14-7-2-1-3-8-14/h1-5,7-8,10,12,16H,6,9,11,13H2,(H,20,21). The molecule has 0 saturated heterocycles. The van der Waals surface area contributed by atoms with Crippen LogP contribution < -0.4 is 0 Å². The Morgan fingerprint density at radius 2 is 1.71 bits per heavy atom. The monoisotopic (exact) mass is 346 g/mol. The number of hydrogen-bond acceptors (Lipinski definition) is 1. The van der Waals surface area contributed by atoms with Crippen LogP contribution in [0.1, 0.15) is 24.0 Å². The summed E-state index contributed by atoms with van der Waals surface area (Å²) < 4.78 is 0.985. The van der Waals surface area contributed by atoms with Crippen molar-refractivity contribution in [3.8, 4) is 0 Å². The Balaban J connectivity index is 1.91. The summed E-state index contributed by atoms with van der Waals surface area (Å²) in [5.41, 5.74) is 2.33. The molecule has 0 fully saturated rings. The maximum absolute atomic E-state index is 11.4. The summed E-state index contributed by atoms with van der Waals surface area (Å²) in [6, 6.07) is 18.0. The molecule has 110 valence electrons. The van der Waals surface area contributed by atoms with Gasteiger partial charge in [-0.3, -0.25) is 4.79 Å². The molecule has 0 radical (unpaired) electrons. The molecule has 0 aliphatic rings. The number of carboxylic acid groups (broad SMARTS) is 1. The first kappa shape index (κ1) is 15.8. The molecule has 3 heteroatoms. The van der Waals surface area contributed by atoms with Crippen LogP contribution in [-0.2, 0) is 17.6 Å². The number of aliphatic carboxylic acids is 1. The molecule has 2 aromatic carbocycles. The number of carbonyl (C=O) groups is 1. The number of halogens is 1. The van der Waals surface area contributed by atoms with Gasteiger partial charge in [-0.25, -0.2) is 0 Å². The summed E-state index contributed by atoms with van der Waals surface area (Å²) in [5.74, 6) is -1.04. The highest BCUT2D eigenvalue weighted by Crippen LogP contribution is 2.22. The van der Waals surface area contributed by atoms with Crippen LogP contribution in [0.4, 0.5) is 0 Å². The van der Waals surface area contributed by atoms with Crippen LogP contribution in [0.15, 0.2) is 59.1 Å². The van der Waals surface area contributed by atoms with Crippen molar-refractivity contribution >= 4 is 21.9 Å². The maximum Gasteiger partial charge on any atom is 0.306 e. The van der Waals surface area contributed by atoms with Gasteiger partial charge in [0.05, 0.1) is 5.92 Å². The molecule has 2 nitrogen and oxygen atoms in total. The lowest BCUT2D eigenvalue weighted by molar-refractivity contribution is -0.142. The third kappa shape index (κ3) is 5.01. The predicted molar refractivity (Wildman–Crippen MR) is 88.4 cm³/mol. The van der Waals surface area contributed by atoms with Gasteiger partial charge in [0, 0.05) is 4.47 Å². The van der Waals surface area contributed by atoms with Crippen LogP contribution in [0.3, 0.4) is 0 Å².